The van der Waals surface area contributed by atoms with Gasteiger partial charge in [0.15, 0.2) is 5.60 Å². The number of cyclic esters (lactones) is 1. The lowest BCUT2D eigenvalue weighted by Crippen LogP contribution is -2.47. The number of nitrogens with zero attached hydrogens (tertiary/aromatic N) is 1. The summed E-state index contributed by atoms with van der Waals surface area (Å²) in [4.78, 5) is 14.0. The Morgan fingerprint density at radius 1 is 1.04 bits per heavy atom. The first kappa shape index (κ1) is 15.7. The van der Waals surface area contributed by atoms with Gasteiger partial charge in [-0.2, -0.15) is 0 Å². The Balaban J connectivity index is 2.28. The first-order valence-electron chi connectivity index (χ1n) is 7.69. The maximum Gasteiger partial charge on any atom is 0.416 e. The van der Waals surface area contributed by atoms with Gasteiger partial charge in [0.2, 0.25) is 0 Å². The lowest BCUT2D eigenvalue weighted by molar-refractivity contribution is 0.0568. The van der Waals surface area contributed by atoms with Gasteiger partial charge in [0.1, 0.15) is 0 Å². The Hall–Kier alpha value is -2.20. The molecule has 0 bridgehead atoms. The number of ether oxygens (including phenoxy) is 1. The van der Waals surface area contributed by atoms with Crippen molar-refractivity contribution in [3.8, 4) is 0 Å². The third kappa shape index (κ3) is 2.43. The number of carbonyl (C=O) groups is 1. The van der Waals surface area contributed by atoms with Crippen molar-refractivity contribution in [1.29, 1.82) is 0 Å². The fraction of sp³-hybridized carbons (Fsp3) is 0.263. The average molecular weight is 325 g/mol. The van der Waals surface area contributed by atoms with Crippen LogP contribution < -0.4 is 0 Å². The number of carbonyl (C=O) groups excluding carboxylic acids is 1. The van der Waals surface area contributed by atoms with Crippen LogP contribution in [0.15, 0.2) is 60.7 Å². The zero-order chi connectivity index (χ0) is 16.4. The Bertz CT molecular complexity index is 660. The van der Waals surface area contributed by atoms with E-state index in [0.29, 0.717) is 0 Å². The van der Waals surface area contributed by atoms with Crippen molar-refractivity contribution >= 4 is 23.8 Å². The smallest absolute Gasteiger partial charge is 0.416 e. The largest absolute Gasteiger partial charge is 0.430 e. The van der Waals surface area contributed by atoms with E-state index in [1.165, 1.54) is 5.49 Å². The van der Waals surface area contributed by atoms with Crippen LogP contribution in [0, 0.1) is 5.92 Å². The highest BCUT2D eigenvalue weighted by Crippen LogP contribution is 2.46. The van der Waals surface area contributed by atoms with Gasteiger partial charge >= 0.3 is 6.09 Å². The van der Waals surface area contributed by atoms with E-state index in [2.05, 4.69) is 13.8 Å². The summed E-state index contributed by atoms with van der Waals surface area (Å²) in [6.07, 6.45) is -0.397. The van der Waals surface area contributed by atoms with E-state index < -0.39 is 11.7 Å². The van der Waals surface area contributed by atoms with E-state index in [1.54, 1.807) is 4.90 Å². The first-order chi connectivity index (χ1) is 11.1. The minimum atomic E-state index is -0.858. The first-order valence-corrected chi connectivity index (χ1v) is 8.16. The third-order valence-corrected chi connectivity index (χ3v) is 4.55. The van der Waals surface area contributed by atoms with Gasteiger partial charge in [-0.15, -0.1) is 0 Å². The second-order valence-corrected chi connectivity index (χ2v) is 6.25. The average Bonchev–Trinajstić information content (AvgIpc) is 2.90. The van der Waals surface area contributed by atoms with Crippen LogP contribution in [0.2, 0.25) is 0 Å². The molecule has 0 aliphatic carbocycles. The highest BCUT2D eigenvalue weighted by molar-refractivity contribution is 7.78. The van der Waals surface area contributed by atoms with E-state index >= 15 is 0 Å². The number of amides is 1. The van der Waals surface area contributed by atoms with Crippen molar-refractivity contribution < 1.29 is 9.53 Å². The van der Waals surface area contributed by atoms with Crippen LogP contribution >= 0.6 is 12.2 Å². The summed E-state index contributed by atoms with van der Waals surface area (Å²) in [6.45, 7) is 4.16. The van der Waals surface area contributed by atoms with E-state index in [0.717, 1.165) is 11.1 Å². The van der Waals surface area contributed by atoms with E-state index in [9.17, 15) is 4.79 Å². The molecular formula is C19H19NO2S. The van der Waals surface area contributed by atoms with Gasteiger partial charge in [-0.25, -0.2) is 4.79 Å². The Morgan fingerprint density at radius 2 is 1.52 bits per heavy atom. The minimum absolute atomic E-state index is 0.168. The fourth-order valence-electron chi connectivity index (χ4n) is 3.46. The second kappa shape index (κ2) is 6.13. The molecule has 0 aromatic heterocycles. The van der Waals surface area contributed by atoms with E-state index in [4.69, 9.17) is 17.0 Å². The van der Waals surface area contributed by atoms with Crippen molar-refractivity contribution in [3.05, 3.63) is 71.8 Å². The molecule has 1 heterocycles. The maximum absolute atomic E-state index is 12.5. The third-order valence-electron chi connectivity index (χ3n) is 4.33. The molecular weight excluding hydrogens is 306 g/mol. The van der Waals surface area contributed by atoms with Crippen molar-refractivity contribution in [1.82, 2.24) is 4.90 Å². The molecule has 4 heteroatoms. The molecule has 3 nitrogen and oxygen atoms in total. The summed E-state index contributed by atoms with van der Waals surface area (Å²) in [6, 6.07) is 19.6. The number of thiocarbonyl (C=S) groups is 1. The number of hydrogen-bond donors (Lipinski definition) is 0. The quantitative estimate of drug-likeness (QED) is 0.782. The SMILES string of the molecule is CC(C)[C@@H]1N(C=S)C(=O)OC1(c1ccccc1)c1ccccc1. The molecule has 0 unspecified atom stereocenters. The molecule has 1 amide bonds. The van der Waals surface area contributed by atoms with Crippen molar-refractivity contribution in [3.63, 3.8) is 0 Å². The van der Waals surface area contributed by atoms with Crippen LogP contribution in [0.1, 0.15) is 25.0 Å². The predicted octanol–water partition coefficient (Wildman–Crippen LogP) is 4.36. The molecule has 1 fully saturated rings. The summed E-state index contributed by atoms with van der Waals surface area (Å²) in [5.41, 5.74) is 2.46. The molecule has 1 aliphatic heterocycles. The molecule has 0 spiro atoms. The molecule has 2 aromatic carbocycles. The topological polar surface area (TPSA) is 29.5 Å². The van der Waals surface area contributed by atoms with Crippen LogP contribution in [0.5, 0.6) is 0 Å². The Labute approximate surface area is 141 Å². The maximum atomic E-state index is 12.5. The number of benzene rings is 2. The van der Waals surface area contributed by atoms with Crippen LogP contribution in [0.3, 0.4) is 0 Å². The van der Waals surface area contributed by atoms with Gasteiger partial charge < -0.3 is 4.74 Å². The Morgan fingerprint density at radius 3 is 1.91 bits per heavy atom. The van der Waals surface area contributed by atoms with Gasteiger partial charge in [-0.1, -0.05) is 86.7 Å². The molecule has 0 radical (unpaired) electrons. The summed E-state index contributed by atoms with van der Waals surface area (Å²) >= 11 is 5.09. The molecule has 3 rings (SSSR count). The monoisotopic (exact) mass is 325 g/mol. The van der Waals surface area contributed by atoms with E-state index in [1.807, 2.05) is 60.7 Å². The summed E-state index contributed by atoms with van der Waals surface area (Å²) in [7, 11) is 0. The molecule has 1 aliphatic rings. The van der Waals surface area contributed by atoms with Gasteiger partial charge in [0.05, 0.1) is 11.5 Å². The van der Waals surface area contributed by atoms with Gasteiger partial charge in [-0.3, -0.25) is 4.90 Å². The van der Waals surface area contributed by atoms with Crippen molar-refractivity contribution in [2.45, 2.75) is 25.5 Å². The predicted molar refractivity (Wildman–Crippen MR) is 94.3 cm³/mol. The van der Waals surface area contributed by atoms with Crippen LogP contribution in [0.25, 0.3) is 0 Å². The molecule has 0 N–H and O–H groups in total. The zero-order valence-corrected chi connectivity index (χ0v) is 14.0. The minimum Gasteiger partial charge on any atom is -0.430 e. The molecule has 118 valence electrons. The van der Waals surface area contributed by atoms with E-state index in [-0.39, 0.29) is 12.0 Å². The Kier molecular flexibility index (Phi) is 4.18. The summed E-state index contributed by atoms with van der Waals surface area (Å²) in [5.74, 6) is 0.168. The highest BCUT2D eigenvalue weighted by Gasteiger charge is 2.56. The second-order valence-electron chi connectivity index (χ2n) is 6.04. The molecule has 1 saturated heterocycles. The van der Waals surface area contributed by atoms with Gasteiger partial charge in [0, 0.05) is 11.1 Å². The van der Waals surface area contributed by atoms with Gasteiger partial charge in [0.25, 0.3) is 0 Å². The standard InChI is InChI=1S/C19H19NO2S/c1-14(2)17-19(15-9-5-3-6-10-15,16-11-7-4-8-12-16)22-18(21)20(17)13-23/h3-14,17H,1-2H3/t17-/m0/s1. The molecule has 1 atom stereocenters. The van der Waals surface area contributed by atoms with Gasteiger partial charge in [-0.05, 0) is 5.92 Å². The number of rotatable bonds is 4. The van der Waals surface area contributed by atoms with Crippen molar-refractivity contribution in [2.24, 2.45) is 5.92 Å². The van der Waals surface area contributed by atoms with Crippen LogP contribution in [-0.2, 0) is 10.3 Å². The molecule has 0 saturated carbocycles. The summed E-state index contributed by atoms with van der Waals surface area (Å²) in [5, 5.41) is 0. The lowest BCUT2D eigenvalue weighted by atomic mass is 9.76. The fourth-order valence-corrected chi connectivity index (χ4v) is 3.67. The summed E-state index contributed by atoms with van der Waals surface area (Å²) < 4.78 is 5.99. The molecule has 2 aromatic rings. The van der Waals surface area contributed by atoms with Crippen LogP contribution in [-0.4, -0.2) is 22.5 Å². The van der Waals surface area contributed by atoms with Crippen molar-refractivity contribution in [2.75, 3.05) is 0 Å². The number of hydrogen-bond acceptors (Lipinski definition) is 3. The van der Waals surface area contributed by atoms with Crippen LogP contribution in [0.4, 0.5) is 4.79 Å². The normalized spacial score (nSPS) is 19.7. The zero-order valence-electron chi connectivity index (χ0n) is 13.2. The molecule has 23 heavy (non-hydrogen) atoms. The lowest BCUT2D eigenvalue weighted by Gasteiger charge is -2.37. The highest BCUT2D eigenvalue weighted by atomic mass is 32.1.